The van der Waals surface area contributed by atoms with Crippen LogP contribution in [0.25, 0.3) is 0 Å². The van der Waals surface area contributed by atoms with E-state index in [1.165, 1.54) is 4.57 Å². The zero-order valence-corrected chi connectivity index (χ0v) is 20.3. The van der Waals surface area contributed by atoms with Crippen LogP contribution in [0.15, 0.2) is 34.1 Å². The minimum atomic E-state index is -1.12. The molecule has 178 valence electrons. The monoisotopic (exact) mass is 520 g/mol. The Labute approximate surface area is 207 Å². The number of primary amides is 1. The van der Waals surface area contributed by atoms with Crippen LogP contribution in [0.3, 0.4) is 0 Å². The molecule has 1 aromatic heterocycles. The zero-order chi connectivity index (χ0) is 24.1. The van der Waals surface area contributed by atoms with Gasteiger partial charge in [0.2, 0.25) is 11.8 Å². The predicted octanol–water partition coefficient (Wildman–Crippen LogP) is 2.25. The van der Waals surface area contributed by atoms with Crippen LogP contribution in [0.1, 0.15) is 35.6 Å². The van der Waals surface area contributed by atoms with E-state index in [1.807, 2.05) is 0 Å². The fourth-order valence-corrected chi connectivity index (χ4v) is 7.78. The third kappa shape index (κ3) is 3.75. The Morgan fingerprint density at radius 1 is 1.03 bits per heavy atom. The van der Waals surface area contributed by atoms with E-state index in [2.05, 4.69) is 0 Å². The van der Waals surface area contributed by atoms with Gasteiger partial charge in [0.05, 0.1) is 10.9 Å². The Morgan fingerprint density at radius 3 is 2.35 bits per heavy atom. The van der Waals surface area contributed by atoms with Crippen LogP contribution >= 0.6 is 34.7 Å². The molecule has 5 rings (SSSR count). The number of halogens is 1. The fraction of sp³-hybridized carbons (Fsp3) is 0.409. The first-order valence-corrected chi connectivity index (χ1v) is 13.0. The van der Waals surface area contributed by atoms with Gasteiger partial charge in [0.25, 0.3) is 5.91 Å². The number of fused-ring (bicyclic) bond motifs is 2. The number of benzene rings is 1. The van der Waals surface area contributed by atoms with Crippen LogP contribution < -0.4 is 10.6 Å². The van der Waals surface area contributed by atoms with Gasteiger partial charge in [0, 0.05) is 28.9 Å². The molecule has 1 aromatic carbocycles. The third-order valence-corrected chi connectivity index (χ3v) is 9.36. The molecular weight excluding hydrogens is 500 g/mol. The molecule has 3 aliphatic rings. The predicted molar refractivity (Wildman–Crippen MR) is 127 cm³/mol. The molecule has 3 aliphatic heterocycles. The maximum atomic E-state index is 13.2. The van der Waals surface area contributed by atoms with Crippen molar-refractivity contribution in [2.24, 2.45) is 11.7 Å². The standard InChI is InChI=1S/C22H21ClN4O5S2/c23-12-6-4-11(5-7-12)14-15-16(19(30)27(18(15)29)21(24)31)33-20-17(14)34-22(32)26(20)10-13(28)25-8-2-1-3-9-25/h4-7,14-16H,1-3,8-10H2,(H2,24,31). The average Bonchev–Trinajstić information content (AvgIpc) is 3.26. The van der Waals surface area contributed by atoms with Crippen molar-refractivity contribution in [2.75, 3.05) is 13.1 Å². The van der Waals surface area contributed by atoms with Gasteiger partial charge >= 0.3 is 10.9 Å². The van der Waals surface area contributed by atoms with Crippen LogP contribution in [0, 0.1) is 5.92 Å². The highest BCUT2D eigenvalue weighted by molar-refractivity contribution is 8.00. The molecule has 0 radical (unpaired) electrons. The third-order valence-electron chi connectivity index (χ3n) is 6.50. The van der Waals surface area contributed by atoms with E-state index in [-0.39, 0.29) is 17.3 Å². The van der Waals surface area contributed by atoms with Crippen molar-refractivity contribution in [3.8, 4) is 0 Å². The lowest BCUT2D eigenvalue weighted by molar-refractivity contribution is -0.136. The van der Waals surface area contributed by atoms with Gasteiger partial charge in [-0.25, -0.2) is 4.79 Å². The lowest BCUT2D eigenvalue weighted by atomic mass is 9.83. The van der Waals surface area contributed by atoms with E-state index >= 15 is 0 Å². The smallest absolute Gasteiger partial charge is 0.328 e. The van der Waals surface area contributed by atoms with E-state index < -0.39 is 34.9 Å². The first kappa shape index (κ1) is 23.1. The quantitative estimate of drug-likeness (QED) is 0.619. The average molecular weight is 521 g/mol. The van der Waals surface area contributed by atoms with E-state index in [4.69, 9.17) is 17.3 Å². The molecule has 0 spiro atoms. The summed E-state index contributed by atoms with van der Waals surface area (Å²) in [6, 6.07) is 5.69. The normalized spacial score (nSPS) is 24.2. The van der Waals surface area contributed by atoms with Crippen LogP contribution in [0.4, 0.5) is 4.79 Å². The van der Waals surface area contributed by atoms with Crippen LogP contribution in [-0.4, -0.2) is 56.5 Å². The number of carbonyl (C=O) groups is 4. The molecule has 0 bridgehead atoms. The fourth-order valence-electron chi connectivity index (χ4n) is 4.88. The Hall–Kier alpha value is -2.63. The van der Waals surface area contributed by atoms with Crippen molar-refractivity contribution in [3.63, 3.8) is 0 Å². The summed E-state index contributed by atoms with van der Waals surface area (Å²) in [6.07, 6.45) is 2.93. The molecule has 0 aliphatic carbocycles. The number of carbonyl (C=O) groups excluding carboxylic acids is 4. The maximum absolute atomic E-state index is 13.2. The highest BCUT2D eigenvalue weighted by Crippen LogP contribution is 2.53. The van der Waals surface area contributed by atoms with Crippen molar-refractivity contribution in [1.29, 1.82) is 0 Å². The number of thiazole rings is 1. The molecule has 2 saturated heterocycles. The van der Waals surface area contributed by atoms with E-state index in [9.17, 15) is 24.0 Å². The number of rotatable bonds is 3. The summed E-state index contributed by atoms with van der Waals surface area (Å²) in [5.74, 6) is -3.09. The summed E-state index contributed by atoms with van der Waals surface area (Å²) in [5.41, 5.74) is 6.02. The molecule has 9 nitrogen and oxygen atoms in total. The Bertz CT molecular complexity index is 1250. The van der Waals surface area contributed by atoms with Gasteiger partial charge in [0.1, 0.15) is 11.8 Å². The van der Waals surface area contributed by atoms with Crippen molar-refractivity contribution in [1.82, 2.24) is 14.4 Å². The number of likely N-dealkylation sites (tertiary alicyclic amines) is 2. The van der Waals surface area contributed by atoms with Gasteiger partial charge in [-0.1, -0.05) is 46.8 Å². The van der Waals surface area contributed by atoms with Crippen LogP contribution in [0.2, 0.25) is 5.02 Å². The van der Waals surface area contributed by atoms with Crippen molar-refractivity contribution >= 4 is 58.5 Å². The second-order valence-electron chi connectivity index (χ2n) is 8.51. The highest BCUT2D eigenvalue weighted by Gasteiger charge is 2.57. The lowest BCUT2D eigenvalue weighted by Crippen LogP contribution is -2.41. The number of urea groups is 1. The van der Waals surface area contributed by atoms with Gasteiger partial charge in [-0.2, -0.15) is 4.90 Å². The van der Waals surface area contributed by atoms with Gasteiger partial charge in [-0.3, -0.25) is 23.7 Å². The molecule has 5 amide bonds. The topological polar surface area (TPSA) is 123 Å². The first-order chi connectivity index (χ1) is 16.3. The molecule has 4 heterocycles. The summed E-state index contributed by atoms with van der Waals surface area (Å²) in [4.78, 5) is 66.5. The van der Waals surface area contributed by atoms with Gasteiger partial charge in [-0.05, 0) is 37.0 Å². The molecule has 12 heteroatoms. The number of nitrogens with zero attached hydrogens (tertiary/aromatic N) is 3. The van der Waals surface area contributed by atoms with Crippen molar-refractivity contribution < 1.29 is 19.2 Å². The number of hydrogen-bond acceptors (Lipinski definition) is 7. The number of piperidine rings is 1. The number of aromatic nitrogens is 1. The molecule has 2 N–H and O–H groups in total. The highest BCUT2D eigenvalue weighted by atomic mass is 35.5. The minimum Gasteiger partial charge on any atom is -0.351 e. The first-order valence-electron chi connectivity index (χ1n) is 10.9. The van der Waals surface area contributed by atoms with Gasteiger partial charge in [0.15, 0.2) is 0 Å². The van der Waals surface area contributed by atoms with Crippen molar-refractivity contribution in [2.45, 2.75) is 42.0 Å². The number of amides is 5. The van der Waals surface area contributed by atoms with Crippen LogP contribution in [0.5, 0.6) is 0 Å². The van der Waals surface area contributed by atoms with Gasteiger partial charge in [-0.15, -0.1) is 0 Å². The molecule has 0 saturated carbocycles. The molecule has 3 unspecified atom stereocenters. The summed E-state index contributed by atoms with van der Waals surface area (Å²) >= 11 is 8.06. The SMILES string of the molecule is NC(=O)N1C(=O)C2Sc3c(sc(=O)n3CC(=O)N3CCCCC3)C(c3ccc(Cl)cc3)C2C1=O. The molecule has 2 fully saturated rings. The minimum absolute atomic E-state index is 0.135. The Kier molecular flexibility index (Phi) is 6.03. The largest absolute Gasteiger partial charge is 0.351 e. The number of hydrogen-bond donors (Lipinski definition) is 1. The number of nitrogens with two attached hydrogens (primary N) is 1. The summed E-state index contributed by atoms with van der Waals surface area (Å²) < 4.78 is 1.39. The second kappa shape index (κ2) is 8.86. The van der Waals surface area contributed by atoms with Crippen LogP contribution in [-0.2, 0) is 20.9 Å². The van der Waals surface area contributed by atoms with E-state index in [0.29, 0.717) is 38.5 Å². The van der Waals surface area contributed by atoms with E-state index in [1.54, 1.807) is 29.2 Å². The molecule has 34 heavy (non-hydrogen) atoms. The second-order valence-corrected chi connectivity index (χ2v) is 11.1. The zero-order valence-electron chi connectivity index (χ0n) is 17.9. The van der Waals surface area contributed by atoms with Gasteiger partial charge < -0.3 is 10.6 Å². The molecule has 2 aromatic rings. The van der Waals surface area contributed by atoms with Crippen molar-refractivity contribution in [3.05, 3.63) is 49.4 Å². The Balaban J connectivity index is 1.59. The van der Waals surface area contributed by atoms with E-state index in [0.717, 1.165) is 42.4 Å². The summed E-state index contributed by atoms with van der Waals surface area (Å²) in [5, 5.41) is 0.0451. The molecule has 3 atom stereocenters. The summed E-state index contributed by atoms with van der Waals surface area (Å²) in [6.45, 7) is 1.18. The maximum Gasteiger partial charge on any atom is 0.328 e. The lowest BCUT2D eigenvalue weighted by Gasteiger charge is -2.31. The number of thioether (sulfide) groups is 1. The Morgan fingerprint density at radius 2 is 1.71 bits per heavy atom. The molecular formula is C22H21ClN4O5S2. The summed E-state index contributed by atoms with van der Waals surface area (Å²) in [7, 11) is 0. The number of imide groups is 3.